The van der Waals surface area contributed by atoms with Crippen LogP contribution >= 0.6 is 0 Å². The van der Waals surface area contributed by atoms with Crippen LogP contribution in [0.15, 0.2) is 0 Å². The van der Waals surface area contributed by atoms with Crippen LogP contribution in [0.25, 0.3) is 0 Å². The molecule has 1 heterocycles. The van der Waals surface area contributed by atoms with Crippen LogP contribution in [0, 0.1) is 5.92 Å². The van der Waals surface area contributed by atoms with Gasteiger partial charge in [-0.1, -0.05) is 0 Å². The maximum absolute atomic E-state index is 11.8. The highest BCUT2D eigenvalue weighted by atomic mass is 16.6. The summed E-state index contributed by atoms with van der Waals surface area (Å²) in [5.74, 6) is 0.554. The summed E-state index contributed by atoms with van der Waals surface area (Å²) in [6, 6.07) is 0. The van der Waals surface area contributed by atoms with Gasteiger partial charge in [0.15, 0.2) is 0 Å². The summed E-state index contributed by atoms with van der Waals surface area (Å²) in [5.41, 5.74) is -0.409. The largest absolute Gasteiger partial charge is 0.444 e. The minimum absolute atomic E-state index is 0.194. The Hall–Kier alpha value is -0.770. The van der Waals surface area contributed by atoms with Crippen molar-refractivity contribution in [2.24, 2.45) is 5.92 Å². The molecule has 1 atom stereocenters. The van der Waals surface area contributed by atoms with Gasteiger partial charge in [-0.15, -0.1) is 0 Å². The molecule has 0 saturated carbocycles. The minimum atomic E-state index is -0.409. The van der Waals surface area contributed by atoms with Crippen molar-refractivity contribution in [1.29, 1.82) is 0 Å². The average Bonchev–Trinajstić information content (AvgIpc) is 2.26. The molecule has 0 aliphatic carbocycles. The van der Waals surface area contributed by atoms with E-state index in [1.165, 1.54) is 0 Å². The molecule has 0 N–H and O–H groups in total. The molecule has 1 aliphatic heterocycles. The lowest BCUT2D eigenvalue weighted by atomic mass is 9.92. The first-order valence-corrected chi connectivity index (χ1v) is 6.34. The van der Waals surface area contributed by atoms with Crippen molar-refractivity contribution < 1.29 is 14.3 Å². The second kappa shape index (κ2) is 5.71. The molecular formula is C13H25NO3. The van der Waals surface area contributed by atoms with Crippen molar-refractivity contribution in [2.45, 2.75) is 52.2 Å². The number of amides is 1. The third-order valence-corrected chi connectivity index (χ3v) is 3.23. The molecule has 1 amide bonds. The number of likely N-dealkylation sites (tertiary alicyclic amines) is 1. The first-order chi connectivity index (χ1) is 7.83. The van der Waals surface area contributed by atoms with Gasteiger partial charge >= 0.3 is 6.09 Å². The summed E-state index contributed by atoms with van der Waals surface area (Å²) in [6.45, 7) is 9.31. The Bertz CT molecular complexity index is 252. The molecule has 4 heteroatoms. The molecule has 0 aromatic rings. The van der Waals surface area contributed by atoms with Crippen molar-refractivity contribution in [3.05, 3.63) is 0 Å². The predicted octanol–water partition coefficient (Wildman–Crippen LogP) is 2.67. The molecule has 0 aromatic heterocycles. The number of nitrogens with zero attached hydrogens (tertiary/aromatic N) is 1. The van der Waals surface area contributed by atoms with Gasteiger partial charge in [0.25, 0.3) is 0 Å². The number of ether oxygens (including phenoxy) is 2. The van der Waals surface area contributed by atoms with Gasteiger partial charge < -0.3 is 14.4 Å². The third-order valence-electron chi connectivity index (χ3n) is 3.23. The van der Waals surface area contributed by atoms with Gasteiger partial charge in [-0.2, -0.15) is 0 Å². The Labute approximate surface area is 104 Å². The number of hydrogen-bond acceptors (Lipinski definition) is 3. The second-order valence-electron chi connectivity index (χ2n) is 5.75. The van der Waals surface area contributed by atoms with Crippen molar-refractivity contribution >= 4 is 6.09 Å². The fraction of sp³-hybridized carbons (Fsp3) is 0.923. The van der Waals surface area contributed by atoms with Gasteiger partial charge in [-0.3, -0.25) is 0 Å². The molecule has 1 unspecified atom stereocenters. The van der Waals surface area contributed by atoms with E-state index in [2.05, 4.69) is 6.92 Å². The van der Waals surface area contributed by atoms with Crippen LogP contribution < -0.4 is 0 Å². The fourth-order valence-electron chi connectivity index (χ4n) is 2.07. The number of carbonyl (C=O) groups excluding carboxylic acids is 1. The Morgan fingerprint density at radius 3 is 2.24 bits per heavy atom. The lowest BCUT2D eigenvalue weighted by Gasteiger charge is -2.35. The van der Waals surface area contributed by atoms with Gasteiger partial charge in [-0.05, 0) is 46.5 Å². The van der Waals surface area contributed by atoms with E-state index in [9.17, 15) is 4.79 Å². The van der Waals surface area contributed by atoms with Crippen molar-refractivity contribution in [3.8, 4) is 0 Å². The topological polar surface area (TPSA) is 38.8 Å². The first-order valence-electron chi connectivity index (χ1n) is 6.34. The monoisotopic (exact) mass is 243 g/mol. The van der Waals surface area contributed by atoms with Crippen molar-refractivity contribution in [2.75, 3.05) is 20.2 Å². The first kappa shape index (κ1) is 14.3. The van der Waals surface area contributed by atoms with Gasteiger partial charge in [0.2, 0.25) is 0 Å². The maximum atomic E-state index is 11.8. The molecule has 17 heavy (non-hydrogen) atoms. The van der Waals surface area contributed by atoms with Crippen LogP contribution in [-0.2, 0) is 9.47 Å². The quantitative estimate of drug-likeness (QED) is 0.748. The molecule has 0 spiro atoms. The summed E-state index contributed by atoms with van der Waals surface area (Å²) in [6.07, 6.45) is 2.07. The van der Waals surface area contributed by atoms with E-state index in [-0.39, 0.29) is 12.2 Å². The molecule has 100 valence electrons. The highest BCUT2D eigenvalue weighted by Gasteiger charge is 2.28. The second-order valence-corrected chi connectivity index (χ2v) is 5.75. The summed E-state index contributed by atoms with van der Waals surface area (Å²) >= 11 is 0. The van der Waals surface area contributed by atoms with E-state index in [0.717, 1.165) is 25.9 Å². The molecular weight excluding hydrogens is 218 g/mol. The van der Waals surface area contributed by atoms with Crippen LogP contribution in [0.2, 0.25) is 0 Å². The van der Waals surface area contributed by atoms with E-state index in [4.69, 9.17) is 9.47 Å². The predicted molar refractivity (Wildman–Crippen MR) is 67.0 cm³/mol. The molecule has 1 fully saturated rings. The van der Waals surface area contributed by atoms with Crippen LogP contribution in [0.4, 0.5) is 4.79 Å². The summed E-state index contributed by atoms with van der Waals surface area (Å²) in [5, 5.41) is 0. The van der Waals surface area contributed by atoms with E-state index in [1.807, 2.05) is 20.8 Å². The average molecular weight is 243 g/mol. The van der Waals surface area contributed by atoms with Crippen molar-refractivity contribution in [3.63, 3.8) is 0 Å². The van der Waals surface area contributed by atoms with E-state index < -0.39 is 5.60 Å². The Kier molecular flexibility index (Phi) is 4.80. The molecule has 0 radical (unpaired) electrons. The van der Waals surface area contributed by atoms with Crippen molar-refractivity contribution in [1.82, 2.24) is 4.90 Å². The third kappa shape index (κ3) is 4.54. The number of methoxy groups -OCH3 is 1. The van der Waals surface area contributed by atoms with Gasteiger partial charge in [0, 0.05) is 20.2 Å². The number of carbonyl (C=O) groups is 1. The minimum Gasteiger partial charge on any atom is -0.444 e. The van der Waals surface area contributed by atoms with Crippen LogP contribution in [0.1, 0.15) is 40.5 Å². The molecule has 0 bridgehead atoms. The molecule has 1 saturated heterocycles. The number of rotatable bonds is 2. The summed E-state index contributed by atoms with van der Waals surface area (Å²) in [4.78, 5) is 13.6. The zero-order chi connectivity index (χ0) is 13.1. The van der Waals surface area contributed by atoms with E-state index in [1.54, 1.807) is 12.0 Å². The number of piperidine rings is 1. The standard InChI is InChI=1S/C13H25NO3/c1-10(16-5)11-6-8-14(9-7-11)12(15)17-13(2,3)4/h10-11H,6-9H2,1-5H3. The highest BCUT2D eigenvalue weighted by molar-refractivity contribution is 5.68. The Balaban J connectivity index is 2.39. The number of hydrogen-bond donors (Lipinski definition) is 0. The SMILES string of the molecule is COC(C)C1CCN(C(=O)OC(C)(C)C)CC1. The lowest BCUT2D eigenvalue weighted by Crippen LogP contribution is -2.43. The van der Waals surface area contributed by atoms with Crippen LogP contribution in [0.5, 0.6) is 0 Å². The van der Waals surface area contributed by atoms with Gasteiger partial charge in [-0.25, -0.2) is 4.79 Å². The highest BCUT2D eigenvalue weighted by Crippen LogP contribution is 2.23. The summed E-state index contributed by atoms with van der Waals surface area (Å²) in [7, 11) is 1.74. The zero-order valence-corrected chi connectivity index (χ0v) is 11.7. The Morgan fingerprint density at radius 2 is 1.82 bits per heavy atom. The zero-order valence-electron chi connectivity index (χ0n) is 11.7. The normalized spacial score (nSPS) is 20.2. The smallest absolute Gasteiger partial charge is 0.410 e. The van der Waals surface area contributed by atoms with Gasteiger partial charge in [0.1, 0.15) is 5.60 Å². The van der Waals surface area contributed by atoms with Crippen LogP contribution in [0.3, 0.4) is 0 Å². The molecule has 1 rings (SSSR count). The van der Waals surface area contributed by atoms with Gasteiger partial charge in [0.05, 0.1) is 6.10 Å². The van der Waals surface area contributed by atoms with E-state index >= 15 is 0 Å². The van der Waals surface area contributed by atoms with E-state index in [0.29, 0.717) is 5.92 Å². The molecule has 0 aromatic carbocycles. The fourth-order valence-corrected chi connectivity index (χ4v) is 2.07. The molecule has 1 aliphatic rings. The maximum Gasteiger partial charge on any atom is 0.410 e. The molecule has 4 nitrogen and oxygen atoms in total. The lowest BCUT2D eigenvalue weighted by molar-refractivity contribution is 0.00290. The van der Waals surface area contributed by atoms with Crippen LogP contribution in [-0.4, -0.2) is 42.9 Å². The summed E-state index contributed by atoms with van der Waals surface area (Å²) < 4.78 is 10.7. The Morgan fingerprint density at radius 1 is 1.29 bits per heavy atom.